The second-order valence-corrected chi connectivity index (χ2v) is 7.03. The lowest BCUT2D eigenvalue weighted by molar-refractivity contribution is 0.262. The summed E-state index contributed by atoms with van der Waals surface area (Å²) in [6, 6.07) is 0.364. The molecule has 21 heavy (non-hydrogen) atoms. The smallest absolute Gasteiger partial charge is 0.291 e. The summed E-state index contributed by atoms with van der Waals surface area (Å²) in [5.41, 5.74) is 0.685. The second kappa shape index (κ2) is 6.92. The van der Waals surface area contributed by atoms with Gasteiger partial charge in [0.05, 0.1) is 10.7 Å². The molecule has 0 radical (unpaired) electrons. The van der Waals surface area contributed by atoms with Crippen LogP contribution >= 0.6 is 15.9 Å². The summed E-state index contributed by atoms with van der Waals surface area (Å²) in [6.07, 6.45) is 8.78. The molecule has 1 aromatic rings. The standard InChI is InChI=1S/C15H23BrN4O/c16-13-9-18-20(10-11-3-1-4-11)15(21)14(13)19-12-5-2-7-17-8-6-12/h9,11-12,17,19H,1-8,10H2. The average Bonchev–Trinajstić information content (AvgIpc) is 2.69. The highest BCUT2D eigenvalue weighted by Crippen LogP contribution is 2.27. The van der Waals surface area contributed by atoms with Crippen LogP contribution in [0.3, 0.4) is 0 Å². The molecule has 1 aromatic heterocycles. The monoisotopic (exact) mass is 354 g/mol. The summed E-state index contributed by atoms with van der Waals surface area (Å²) >= 11 is 3.47. The fraction of sp³-hybridized carbons (Fsp3) is 0.733. The molecule has 1 saturated carbocycles. The molecule has 1 saturated heterocycles. The molecule has 1 aliphatic carbocycles. The highest BCUT2D eigenvalue weighted by atomic mass is 79.9. The van der Waals surface area contributed by atoms with Crippen molar-refractivity contribution in [1.82, 2.24) is 15.1 Å². The van der Waals surface area contributed by atoms with Crippen LogP contribution in [0.4, 0.5) is 5.69 Å². The SMILES string of the molecule is O=c1c(NC2CCCNCC2)c(Br)cnn1CC1CCC1. The largest absolute Gasteiger partial charge is 0.377 e. The molecule has 2 fully saturated rings. The summed E-state index contributed by atoms with van der Waals surface area (Å²) in [5.74, 6) is 0.631. The summed E-state index contributed by atoms with van der Waals surface area (Å²) in [4.78, 5) is 12.6. The number of halogens is 1. The number of hydrogen-bond acceptors (Lipinski definition) is 4. The van der Waals surface area contributed by atoms with E-state index >= 15 is 0 Å². The summed E-state index contributed by atoms with van der Waals surface area (Å²) in [5, 5.41) is 11.1. The molecule has 0 amide bonds. The van der Waals surface area contributed by atoms with Gasteiger partial charge >= 0.3 is 0 Å². The zero-order chi connectivity index (χ0) is 14.7. The van der Waals surface area contributed by atoms with Crippen molar-refractivity contribution >= 4 is 21.6 Å². The third kappa shape index (κ3) is 3.66. The Bertz CT molecular complexity index is 533. The van der Waals surface area contributed by atoms with Gasteiger partial charge in [-0.3, -0.25) is 4.79 Å². The van der Waals surface area contributed by atoms with Gasteiger partial charge in [-0.15, -0.1) is 0 Å². The Morgan fingerprint density at radius 2 is 2.14 bits per heavy atom. The van der Waals surface area contributed by atoms with Gasteiger partial charge in [0.2, 0.25) is 0 Å². The van der Waals surface area contributed by atoms with Crippen molar-refractivity contribution in [2.75, 3.05) is 18.4 Å². The minimum absolute atomic E-state index is 0.00785. The molecule has 3 rings (SSSR count). The van der Waals surface area contributed by atoms with Crippen LogP contribution in [0.15, 0.2) is 15.5 Å². The van der Waals surface area contributed by atoms with E-state index in [2.05, 4.69) is 31.7 Å². The number of hydrogen-bond donors (Lipinski definition) is 2. The second-order valence-electron chi connectivity index (χ2n) is 6.17. The third-order valence-electron chi connectivity index (χ3n) is 4.58. The Kier molecular flexibility index (Phi) is 4.95. The molecule has 0 spiro atoms. The van der Waals surface area contributed by atoms with Gasteiger partial charge in [0.1, 0.15) is 5.69 Å². The van der Waals surface area contributed by atoms with Crippen LogP contribution in [0.5, 0.6) is 0 Å². The Balaban J connectivity index is 1.75. The van der Waals surface area contributed by atoms with Crippen LogP contribution < -0.4 is 16.2 Å². The first-order chi connectivity index (χ1) is 10.2. The van der Waals surface area contributed by atoms with Gasteiger partial charge in [-0.2, -0.15) is 5.10 Å². The number of aromatic nitrogens is 2. The molecule has 1 aliphatic heterocycles. The van der Waals surface area contributed by atoms with Crippen molar-refractivity contribution in [1.29, 1.82) is 0 Å². The lowest BCUT2D eigenvalue weighted by Crippen LogP contribution is -2.33. The zero-order valence-corrected chi connectivity index (χ0v) is 13.9. The molecule has 116 valence electrons. The van der Waals surface area contributed by atoms with Gasteiger partial charge < -0.3 is 10.6 Å². The molecular formula is C15H23BrN4O. The lowest BCUT2D eigenvalue weighted by atomic mass is 9.85. The lowest BCUT2D eigenvalue weighted by Gasteiger charge is -2.26. The van der Waals surface area contributed by atoms with Gasteiger partial charge in [0, 0.05) is 12.6 Å². The first-order valence-corrected chi connectivity index (χ1v) is 8.76. The predicted octanol–water partition coefficient (Wildman–Crippen LogP) is 2.36. The van der Waals surface area contributed by atoms with E-state index < -0.39 is 0 Å². The van der Waals surface area contributed by atoms with Gasteiger partial charge in [-0.05, 0) is 67.0 Å². The molecule has 2 N–H and O–H groups in total. The average molecular weight is 355 g/mol. The summed E-state index contributed by atoms with van der Waals surface area (Å²) in [6.45, 7) is 2.84. The highest BCUT2D eigenvalue weighted by molar-refractivity contribution is 9.10. The summed E-state index contributed by atoms with van der Waals surface area (Å²) < 4.78 is 2.40. The quantitative estimate of drug-likeness (QED) is 0.871. The molecule has 6 heteroatoms. The Labute approximate surface area is 133 Å². The number of anilines is 1. The van der Waals surface area contributed by atoms with Crippen LogP contribution in [0.1, 0.15) is 38.5 Å². The fourth-order valence-corrected chi connectivity index (χ4v) is 3.39. The van der Waals surface area contributed by atoms with Crippen LogP contribution in [-0.4, -0.2) is 28.9 Å². The maximum atomic E-state index is 12.6. The molecule has 5 nitrogen and oxygen atoms in total. The number of nitrogens with one attached hydrogen (secondary N) is 2. The van der Waals surface area contributed by atoms with Crippen molar-refractivity contribution in [2.24, 2.45) is 5.92 Å². The van der Waals surface area contributed by atoms with E-state index in [0.717, 1.165) is 43.4 Å². The normalized spacial score (nSPS) is 23.4. The maximum absolute atomic E-state index is 12.6. The fourth-order valence-electron chi connectivity index (χ4n) is 3.02. The van der Waals surface area contributed by atoms with Gasteiger partial charge in [0.15, 0.2) is 0 Å². The van der Waals surface area contributed by atoms with E-state index in [1.807, 2.05) is 0 Å². The summed E-state index contributed by atoms with van der Waals surface area (Å²) in [7, 11) is 0. The Hall–Kier alpha value is -0.880. The molecule has 2 aliphatic rings. The van der Waals surface area contributed by atoms with Crippen LogP contribution in [0, 0.1) is 5.92 Å². The Morgan fingerprint density at radius 3 is 2.90 bits per heavy atom. The molecule has 1 unspecified atom stereocenters. The number of rotatable bonds is 4. The van der Waals surface area contributed by atoms with Crippen LogP contribution in [0.25, 0.3) is 0 Å². The minimum Gasteiger partial charge on any atom is -0.377 e. The number of nitrogens with zero attached hydrogens (tertiary/aromatic N) is 2. The van der Waals surface area contributed by atoms with Crippen molar-refractivity contribution in [3.05, 3.63) is 21.0 Å². The minimum atomic E-state index is 0.00785. The molecule has 2 heterocycles. The van der Waals surface area contributed by atoms with E-state index in [4.69, 9.17) is 0 Å². The van der Waals surface area contributed by atoms with Gasteiger partial charge in [-0.1, -0.05) is 6.42 Å². The van der Waals surface area contributed by atoms with Gasteiger partial charge in [-0.25, -0.2) is 4.68 Å². The Morgan fingerprint density at radius 1 is 1.29 bits per heavy atom. The molecule has 0 aromatic carbocycles. The predicted molar refractivity (Wildman–Crippen MR) is 87.7 cm³/mol. The van der Waals surface area contributed by atoms with E-state index in [-0.39, 0.29) is 5.56 Å². The van der Waals surface area contributed by atoms with E-state index in [1.165, 1.54) is 19.3 Å². The van der Waals surface area contributed by atoms with E-state index in [0.29, 0.717) is 17.6 Å². The highest BCUT2D eigenvalue weighted by Gasteiger charge is 2.21. The molecule has 0 bridgehead atoms. The van der Waals surface area contributed by atoms with Crippen molar-refractivity contribution in [3.8, 4) is 0 Å². The third-order valence-corrected chi connectivity index (χ3v) is 5.18. The van der Waals surface area contributed by atoms with Crippen molar-refractivity contribution in [2.45, 2.75) is 51.1 Å². The van der Waals surface area contributed by atoms with E-state index in [1.54, 1.807) is 10.9 Å². The van der Waals surface area contributed by atoms with Crippen LogP contribution in [-0.2, 0) is 6.54 Å². The zero-order valence-electron chi connectivity index (χ0n) is 12.3. The van der Waals surface area contributed by atoms with E-state index in [9.17, 15) is 4.79 Å². The van der Waals surface area contributed by atoms with Gasteiger partial charge in [0.25, 0.3) is 5.56 Å². The topological polar surface area (TPSA) is 59.0 Å². The molecule has 1 atom stereocenters. The van der Waals surface area contributed by atoms with Crippen molar-refractivity contribution in [3.63, 3.8) is 0 Å². The molecular weight excluding hydrogens is 332 g/mol. The van der Waals surface area contributed by atoms with Crippen LogP contribution in [0.2, 0.25) is 0 Å². The first kappa shape index (κ1) is 15.0. The van der Waals surface area contributed by atoms with Crippen molar-refractivity contribution < 1.29 is 0 Å². The first-order valence-electron chi connectivity index (χ1n) is 7.97. The maximum Gasteiger partial charge on any atom is 0.291 e.